The molecule has 9 heteroatoms. The van der Waals surface area contributed by atoms with Crippen molar-refractivity contribution in [3.63, 3.8) is 0 Å². The van der Waals surface area contributed by atoms with Crippen molar-refractivity contribution in [3.05, 3.63) is 18.2 Å². The molecule has 0 fully saturated rings. The monoisotopic (exact) mass is 341 g/mol. The molecule has 0 aliphatic heterocycles. The number of methoxy groups -OCH3 is 1. The van der Waals surface area contributed by atoms with Crippen molar-refractivity contribution in [1.29, 1.82) is 0 Å². The summed E-state index contributed by atoms with van der Waals surface area (Å²) in [5, 5.41) is 0. The summed E-state index contributed by atoms with van der Waals surface area (Å²) in [6.07, 6.45) is 0. The van der Waals surface area contributed by atoms with Crippen LogP contribution in [0.2, 0.25) is 0 Å². The maximum Gasteiger partial charge on any atom is 0.261 e. The molecule has 20 heavy (non-hydrogen) atoms. The van der Waals surface area contributed by atoms with Gasteiger partial charge in [-0.05, 0) is 24.1 Å². The van der Waals surface area contributed by atoms with Crippen molar-refractivity contribution in [2.45, 2.75) is 18.7 Å². The van der Waals surface area contributed by atoms with E-state index in [0.717, 1.165) is 6.07 Å². The van der Waals surface area contributed by atoms with Gasteiger partial charge < -0.3 is 4.74 Å². The van der Waals surface area contributed by atoms with Gasteiger partial charge in [0.05, 0.1) is 23.4 Å². The van der Waals surface area contributed by atoms with E-state index in [4.69, 9.17) is 15.4 Å². The molecule has 0 aromatic heterocycles. The fourth-order valence-electron chi connectivity index (χ4n) is 1.57. The van der Waals surface area contributed by atoms with Crippen LogP contribution in [-0.4, -0.2) is 29.7 Å². The molecule has 1 rings (SSSR count). The Morgan fingerprint density at radius 2 is 1.85 bits per heavy atom. The van der Waals surface area contributed by atoms with Crippen LogP contribution in [0.1, 0.15) is 13.8 Å². The summed E-state index contributed by atoms with van der Waals surface area (Å²) < 4.78 is 53.6. The van der Waals surface area contributed by atoms with Gasteiger partial charge in [0.25, 0.3) is 9.05 Å². The van der Waals surface area contributed by atoms with Gasteiger partial charge in [-0.15, -0.1) is 0 Å². The molecule has 1 N–H and O–H groups in total. The van der Waals surface area contributed by atoms with Gasteiger partial charge >= 0.3 is 0 Å². The molecular formula is C11H16ClNO5S2. The molecule has 6 nitrogen and oxygen atoms in total. The second kappa shape index (κ2) is 6.19. The smallest absolute Gasteiger partial charge is 0.261 e. The predicted molar refractivity (Wildman–Crippen MR) is 78.3 cm³/mol. The standard InChI is InChI=1S/C11H16ClNO5S2/c1-8(2)7-19(14,15)13-10-6-9(20(12,16)17)4-5-11(10)18-3/h4-6,8,13H,7H2,1-3H3. The first-order valence-corrected chi connectivity index (χ1v) is 9.64. The number of rotatable bonds is 6. The lowest BCUT2D eigenvalue weighted by atomic mass is 10.3. The van der Waals surface area contributed by atoms with Crippen LogP contribution in [0.25, 0.3) is 0 Å². The van der Waals surface area contributed by atoms with Gasteiger partial charge in [0.1, 0.15) is 5.75 Å². The average molecular weight is 342 g/mol. The van der Waals surface area contributed by atoms with E-state index in [0.29, 0.717) is 0 Å². The van der Waals surface area contributed by atoms with E-state index in [9.17, 15) is 16.8 Å². The first-order chi connectivity index (χ1) is 9.05. The molecule has 0 atom stereocenters. The fourth-order valence-corrected chi connectivity index (χ4v) is 3.80. The largest absolute Gasteiger partial charge is 0.495 e. The Morgan fingerprint density at radius 1 is 1.25 bits per heavy atom. The van der Waals surface area contributed by atoms with E-state index in [1.807, 2.05) is 0 Å². The number of hydrogen-bond acceptors (Lipinski definition) is 5. The SMILES string of the molecule is COc1ccc(S(=O)(=O)Cl)cc1NS(=O)(=O)CC(C)C. The van der Waals surface area contributed by atoms with Crippen molar-refractivity contribution in [2.24, 2.45) is 5.92 Å². The van der Waals surface area contributed by atoms with E-state index in [1.165, 1.54) is 19.2 Å². The average Bonchev–Trinajstić information content (AvgIpc) is 2.25. The summed E-state index contributed by atoms with van der Waals surface area (Å²) in [6.45, 7) is 3.52. The molecule has 114 valence electrons. The quantitative estimate of drug-likeness (QED) is 0.799. The first kappa shape index (κ1) is 17.1. The van der Waals surface area contributed by atoms with Crippen LogP contribution in [0.3, 0.4) is 0 Å². The van der Waals surface area contributed by atoms with Crippen LogP contribution in [-0.2, 0) is 19.1 Å². The van der Waals surface area contributed by atoms with Crippen molar-refractivity contribution < 1.29 is 21.6 Å². The highest BCUT2D eigenvalue weighted by atomic mass is 35.7. The summed E-state index contributed by atoms with van der Waals surface area (Å²) in [5.74, 6) is 0.0495. The summed E-state index contributed by atoms with van der Waals surface area (Å²) in [6, 6.07) is 3.70. The minimum atomic E-state index is -3.95. The normalized spacial score (nSPS) is 12.4. The summed E-state index contributed by atoms with van der Waals surface area (Å²) in [4.78, 5) is -0.206. The van der Waals surface area contributed by atoms with Crippen molar-refractivity contribution in [3.8, 4) is 5.75 Å². The van der Waals surface area contributed by atoms with E-state index in [-0.39, 0.29) is 28.0 Å². The molecule has 0 amide bonds. The zero-order valence-corrected chi connectivity index (χ0v) is 13.6. The number of benzene rings is 1. The number of nitrogens with one attached hydrogen (secondary N) is 1. The highest BCUT2D eigenvalue weighted by Crippen LogP contribution is 2.29. The summed E-state index contributed by atoms with van der Waals surface area (Å²) in [5.41, 5.74) is 0.0369. The van der Waals surface area contributed by atoms with Gasteiger partial charge in [0.15, 0.2) is 0 Å². The van der Waals surface area contributed by atoms with Crippen LogP contribution in [0.4, 0.5) is 5.69 Å². The van der Waals surface area contributed by atoms with Crippen LogP contribution in [0.15, 0.2) is 23.1 Å². The van der Waals surface area contributed by atoms with Gasteiger partial charge in [0, 0.05) is 10.7 Å². The highest BCUT2D eigenvalue weighted by Gasteiger charge is 2.18. The van der Waals surface area contributed by atoms with Gasteiger partial charge in [-0.1, -0.05) is 13.8 Å². The molecule has 0 aliphatic rings. The minimum absolute atomic E-state index is 0.0369. The molecule has 0 spiro atoms. The second-order valence-electron chi connectivity index (χ2n) is 4.58. The molecule has 0 heterocycles. The molecule has 1 aromatic carbocycles. The van der Waals surface area contributed by atoms with Crippen LogP contribution in [0.5, 0.6) is 5.75 Å². The van der Waals surface area contributed by atoms with Gasteiger partial charge in [-0.2, -0.15) is 0 Å². The summed E-state index contributed by atoms with van der Waals surface area (Å²) in [7, 11) is -0.956. The Balaban J connectivity index is 3.22. The third-order valence-electron chi connectivity index (χ3n) is 2.27. The predicted octanol–water partition coefficient (Wildman–Crippen LogP) is 2.02. The van der Waals surface area contributed by atoms with Crippen molar-refractivity contribution in [1.82, 2.24) is 0 Å². The lowest BCUT2D eigenvalue weighted by Gasteiger charge is -2.13. The molecule has 0 aliphatic carbocycles. The Morgan fingerprint density at radius 3 is 2.30 bits per heavy atom. The number of ether oxygens (including phenoxy) is 1. The van der Waals surface area contributed by atoms with E-state index < -0.39 is 19.1 Å². The van der Waals surface area contributed by atoms with Gasteiger partial charge in [-0.3, -0.25) is 4.72 Å². The van der Waals surface area contributed by atoms with Crippen LogP contribution >= 0.6 is 10.7 Å². The maximum absolute atomic E-state index is 11.9. The lowest BCUT2D eigenvalue weighted by molar-refractivity contribution is 0.416. The zero-order chi connectivity index (χ0) is 15.6. The molecule has 0 radical (unpaired) electrons. The molecule has 0 saturated carbocycles. The topological polar surface area (TPSA) is 89.5 Å². The third kappa shape index (κ3) is 4.84. The first-order valence-electron chi connectivity index (χ1n) is 5.68. The van der Waals surface area contributed by atoms with Crippen molar-refractivity contribution >= 4 is 35.4 Å². The van der Waals surface area contributed by atoms with Crippen molar-refractivity contribution in [2.75, 3.05) is 17.6 Å². The molecular weight excluding hydrogens is 326 g/mol. The molecule has 0 bridgehead atoms. The van der Waals surface area contributed by atoms with Gasteiger partial charge in [0.2, 0.25) is 10.0 Å². The molecule has 0 saturated heterocycles. The Bertz CT molecular complexity index is 683. The Kier molecular flexibility index (Phi) is 5.28. The number of anilines is 1. The van der Waals surface area contributed by atoms with Crippen LogP contribution in [0, 0.1) is 5.92 Å². The number of halogens is 1. The molecule has 1 aromatic rings. The minimum Gasteiger partial charge on any atom is -0.495 e. The van der Waals surface area contributed by atoms with E-state index in [1.54, 1.807) is 13.8 Å². The zero-order valence-electron chi connectivity index (χ0n) is 11.3. The lowest BCUT2D eigenvalue weighted by Crippen LogP contribution is -2.20. The third-order valence-corrected chi connectivity index (χ3v) is 5.26. The number of sulfonamides is 1. The second-order valence-corrected chi connectivity index (χ2v) is 8.91. The fraction of sp³-hybridized carbons (Fsp3) is 0.455. The number of hydrogen-bond donors (Lipinski definition) is 1. The Labute approximate surface area is 123 Å². The van der Waals surface area contributed by atoms with E-state index >= 15 is 0 Å². The Hall–Kier alpha value is -0.990. The molecule has 0 unspecified atom stereocenters. The van der Waals surface area contributed by atoms with Gasteiger partial charge in [-0.25, -0.2) is 16.8 Å². The highest BCUT2D eigenvalue weighted by molar-refractivity contribution is 8.13. The van der Waals surface area contributed by atoms with E-state index in [2.05, 4.69) is 4.72 Å². The maximum atomic E-state index is 11.9. The van der Waals surface area contributed by atoms with Crippen LogP contribution < -0.4 is 9.46 Å². The summed E-state index contributed by atoms with van der Waals surface area (Å²) >= 11 is 0.